The fraction of sp³-hybridized carbons (Fsp3) is 0.417. The van der Waals surface area contributed by atoms with Gasteiger partial charge in [0.2, 0.25) is 0 Å². The van der Waals surface area contributed by atoms with Crippen molar-refractivity contribution >= 4 is 5.97 Å². The van der Waals surface area contributed by atoms with Gasteiger partial charge in [-0.15, -0.1) is 0 Å². The number of benzene rings is 1. The number of alkyl halides is 3. The number of carboxylic acids is 1. The average Bonchev–Trinajstić information content (AvgIpc) is 2.27. The van der Waals surface area contributed by atoms with E-state index in [0.717, 1.165) is 6.07 Å². The number of rotatable bonds is 5. The summed E-state index contributed by atoms with van der Waals surface area (Å²) in [6.07, 6.45) is -4.77. The van der Waals surface area contributed by atoms with Gasteiger partial charge in [0.25, 0.3) is 0 Å². The van der Waals surface area contributed by atoms with E-state index in [0.29, 0.717) is 12.6 Å². The number of likely N-dealkylation sites (N-methyl/N-ethyl adjacent to an activating group) is 1. The smallest absolute Gasteiger partial charge is 0.545 e. The molecule has 0 saturated heterocycles. The Labute approximate surface area is 126 Å². The molecule has 4 nitrogen and oxygen atoms in total. The first-order valence-corrected chi connectivity index (χ1v) is 5.42. The Hall–Kier alpha value is -1.16. The summed E-state index contributed by atoms with van der Waals surface area (Å²) in [7, 11) is 3.59. The predicted octanol–water partition coefficient (Wildman–Crippen LogP) is -1.99. The zero-order valence-corrected chi connectivity index (χ0v) is 11.5. The van der Waals surface area contributed by atoms with Crippen molar-refractivity contribution < 1.29 is 46.7 Å². The number of carboxylic acid groups (broad SMARTS) is 1. The molecule has 0 fully saturated rings. The third-order valence-electron chi connectivity index (χ3n) is 2.32. The molecule has 0 saturated carbocycles. The van der Waals surface area contributed by atoms with Crippen molar-refractivity contribution in [3.05, 3.63) is 29.3 Å². The fourth-order valence-corrected chi connectivity index (χ4v) is 1.37. The van der Waals surface area contributed by atoms with Gasteiger partial charge in [0, 0.05) is 12.1 Å². The van der Waals surface area contributed by atoms with Gasteiger partial charge in [0.1, 0.15) is 12.4 Å². The molecule has 0 aliphatic carbocycles. The van der Waals surface area contributed by atoms with Crippen LogP contribution in [0, 0.1) is 0 Å². The normalized spacial score (nSPS) is 11.1. The summed E-state index contributed by atoms with van der Waals surface area (Å²) in [4.78, 5) is 12.4. The van der Waals surface area contributed by atoms with Gasteiger partial charge in [-0.25, -0.2) is 0 Å². The second-order valence-corrected chi connectivity index (χ2v) is 4.14. The molecule has 0 heterocycles. The number of hydrogen-bond acceptors (Lipinski definition) is 4. The summed E-state index contributed by atoms with van der Waals surface area (Å²) >= 11 is 0. The summed E-state index contributed by atoms with van der Waals surface area (Å²) in [5.74, 6) is -1.90. The van der Waals surface area contributed by atoms with Gasteiger partial charge < -0.3 is 19.5 Å². The van der Waals surface area contributed by atoms with Gasteiger partial charge >= 0.3 is 25.0 Å². The molecule has 8 heteroatoms. The van der Waals surface area contributed by atoms with Crippen molar-refractivity contribution in [2.75, 3.05) is 27.2 Å². The zero-order valence-electron chi connectivity index (χ0n) is 11.5. The molecule has 0 atom stereocenters. The van der Waals surface area contributed by atoms with Crippen LogP contribution in [0.25, 0.3) is 0 Å². The molecule has 0 bridgehead atoms. The first-order valence-electron chi connectivity index (χ1n) is 5.42. The van der Waals surface area contributed by atoms with Gasteiger partial charge in [-0.05, 0) is 32.3 Å². The minimum atomic E-state index is -4.77. The standard InChI is InChI=1S/C12H14F3NO3.Li/c1-16(2)5-6-19-8-3-4-9(11(17)18)10(7-8)12(13,14)15;/h3-4,7H,5-6H2,1-2H3,(H,17,18);/q;+1/p-1. The Morgan fingerprint density at radius 1 is 1.35 bits per heavy atom. The maximum atomic E-state index is 12.7. The van der Waals surface area contributed by atoms with Crippen molar-refractivity contribution in [1.82, 2.24) is 4.90 Å². The van der Waals surface area contributed by atoms with Crippen LogP contribution in [0.5, 0.6) is 5.75 Å². The minimum Gasteiger partial charge on any atom is -0.545 e. The van der Waals surface area contributed by atoms with Crippen LogP contribution in [-0.4, -0.2) is 38.1 Å². The van der Waals surface area contributed by atoms with Gasteiger partial charge in [0.15, 0.2) is 0 Å². The molecule has 0 amide bonds. The molecule has 0 unspecified atom stereocenters. The third kappa shape index (κ3) is 5.45. The molecule has 0 aromatic heterocycles. The first-order chi connectivity index (χ1) is 8.71. The van der Waals surface area contributed by atoms with Crippen LogP contribution in [0.4, 0.5) is 13.2 Å². The average molecular weight is 283 g/mol. The molecule has 20 heavy (non-hydrogen) atoms. The van der Waals surface area contributed by atoms with Crippen molar-refractivity contribution in [3.63, 3.8) is 0 Å². The van der Waals surface area contributed by atoms with Gasteiger partial charge in [-0.3, -0.25) is 0 Å². The van der Waals surface area contributed by atoms with E-state index in [-0.39, 0.29) is 31.2 Å². The van der Waals surface area contributed by atoms with E-state index in [1.54, 1.807) is 19.0 Å². The van der Waals surface area contributed by atoms with E-state index in [9.17, 15) is 23.1 Å². The second-order valence-electron chi connectivity index (χ2n) is 4.14. The Bertz CT molecular complexity index is 464. The molecular formula is C12H13F3LiNO3. The van der Waals surface area contributed by atoms with Crippen LogP contribution >= 0.6 is 0 Å². The third-order valence-corrected chi connectivity index (χ3v) is 2.32. The molecular weight excluding hydrogens is 270 g/mol. The quantitative estimate of drug-likeness (QED) is 0.587. The van der Waals surface area contributed by atoms with Crippen molar-refractivity contribution in [3.8, 4) is 5.75 Å². The van der Waals surface area contributed by atoms with E-state index < -0.39 is 23.3 Å². The molecule has 0 radical (unpaired) electrons. The minimum absolute atomic E-state index is 0. The monoisotopic (exact) mass is 283 g/mol. The van der Waals surface area contributed by atoms with Crippen molar-refractivity contribution in [2.24, 2.45) is 0 Å². The van der Waals surface area contributed by atoms with Gasteiger partial charge in [0.05, 0.1) is 11.5 Å². The SMILES string of the molecule is CN(C)CCOc1ccc(C(=O)[O-])c(C(F)(F)F)c1.[Li+]. The molecule has 0 spiro atoms. The first kappa shape index (κ1) is 18.8. The number of aromatic carboxylic acids is 1. The van der Waals surface area contributed by atoms with Gasteiger partial charge in [-0.2, -0.15) is 13.2 Å². The van der Waals surface area contributed by atoms with E-state index in [1.807, 2.05) is 0 Å². The summed E-state index contributed by atoms with van der Waals surface area (Å²) < 4.78 is 43.2. The second kappa shape index (κ2) is 7.58. The van der Waals surface area contributed by atoms with Crippen LogP contribution in [0.3, 0.4) is 0 Å². The Morgan fingerprint density at radius 2 is 1.95 bits per heavy atom. The maximum Gasteiger partial charge on any atom is 1.00 e. The fourth-order valence-electron chi connectivity index (χ4n) is 1.37. The number of carbonyl (C=O) groups is 1. The van der Waals surface area contributed by atoms with Crippen molar-refractivity contribution in [1.29, 1.82) is 0 Å². The van der Waals surface area contributed by atoms with E-state index in [2.05, 4.69) is 0 Å². The predicted molar refractivity (Wildman–Crippen MR) is 59.8 cm³/mol. The Balaban J connectivity index is 0.00000361. The topological polar surface area (TPSA) is 52.6 Å². The summed E-state index contributed by atoms with van der Waals surface area (Å²) in [6.45, 7) is 0.735. The number of carbonyl (C=O) groups excluding carboxylic acids is 1. The largest absolute Gasteiger partial charge is 1.00 e. The summed E-state index contributed by atoms with van der Waals surface area (Å²) in [5.41, 5.74) is -2.16. The number of hydrogen-bond donors (Lipinski definition) is 0. The van der Waals surface area contributed by atoms with Crippen LogP contribution in [0.15, 0.2) is 18.2 Å². The Morgan fingerprint density at radius 3 is 2.40 bits per heavy atom. The summed E-state index contributed by atoms with van der Waals surface area (Å²) in [6, 6.07) is 2.68. The molecule has 0 aliphatic rings. The van der Waals surface area contributed by atoms with Crippen molar-refractivity contribution in [2.45, 2.75) is 6.18 Å². The number of halogens is 3. The van der Waals surface area contributed by atoms with Gasteiger partial charge in [-0.1, -0.05) is 0 Å². The van der Waals surface area contributed by atoms with Crippen LogP contribution in [0.1, 0.15) is 15.9 Å². The number of ether oxygens (including phenoxy) is 1. The molecule has 0 aliphatic heterocycles. The van der Waals surface area contributed by atoms with E-state index in [1.165, 1.54) is 6.07 Å². The molecule has 106 valence electrons. The molecule has 1 aromatic rings. The van der Waals surface area contributed by atoms with E-state index >= 15 is 0 Å². The van der Waals surface area contributed by atoms with E-state index in [4.69, 9.17) is 4.74 Å². The van der Waals surface area contributed by atoms with Crippen LogP contribution < -0.4 is 28.7 Å². The zero-order chi connectivity index (χ0) is 14.6. The van der Waals surface area contributed by atoms with Crippen LogP contribution in [0.2, 0.25) is 0 Å². The molecule has 0 N–H and O–H groups in total. The number of nitrogens with zero attached hydrogens (tertiary/aromatic N) is 1. The van der Waals surface area contributed by atoms with Crippen LogP contribution in [-0.2, 0) is 6.18 Å². The Kier molecular flexibility index (Phi) is 7.13. The molecule has 1 rings (SSSR count). The maximum absolute atomic E-state index is 12.7. The molecule has 1 aromatic carbocycles. The summed E-state index contributed by atoms with van der Waals surface area (Å²) in [5, 5.41) is 10.6.